The number of likely N-dealkylation sites (N-methyl/N-ethyl adjacent to an activating group) is 2. The number of rotatable bonds is 5. The molecule has 0 bridgehead atoms. The Bertz CT molecular complexity index is 807. The van der Waals surface area contributed by atoms with Gasteiger partial charge in [-0.3, -0.25) is 14.4 Å². The second-order valence-corrected chi connectivity index (χ2v) is 9.03. The van der Waals surface area contributed by atoms with Crippen LogP contribution >= 0.6 is 0 Å². The topological polar surface area (TPSA) is 82.2 Å². The zero-order chi connectivity index (χ0) is 23.1. The first kappa shape index (κ1) is 24.0. The van der Waals surface area contributed by atoms with E-state index in [1.54, 1.807) is 19.1 Å². The maximum atomic E-state index is 13.1. The Morgan fingerprint density at radius 1 is 1.12 bits per heavy atom. The van der Waals surface area contributed by atoms with Crippen LogP contribution in [0.5, 0.6) is 5.75 Å². The number of carbonyl (C=O) groups is 3. The van der Waals surface area contributed by atoms with Gasteiger partial charge in [-0.2, -0.15) is 0 Å². The highest BCUT2D eigenvalue weighted by molar-refractivity contribution is 5.86. The molecule has 0 radical (unpaired) electrons. The summed E-state index contributed by atoms with van der Waals surface area (Å²) in [5.74, 6) is 0.430. The van der Waals surface area contributed by atoms with Gasteiger partial charge in [-0.15, -0.1) is 0 Å². The van der Waals surface area contributed by atoms with Crippen molar-refractivity contribution >= 4 is 17.7 Å². The van der Waals surface area contributed by atoms with Crippen molar-refractivity contribution in [3.63, 3.8) is 0 Å². The van der Waals surface area contributed by atoms with Gasteiger partial charge in [0.05, 0.1) is 13.5 Å². The first-order valence-corrected chi connectivity index (χ1v) is 11.5. The average molecular weight is 445 g/mol. The molecule has 32 heavy (non-hydrogen) atoms. The minimum absolute atomic E-state index is 0.0357. The van der Waals surface area contributed by atoms with E-state index in [9.17, 15) is 14.4 Å². The molecule has 2 heterocycles. The molecule has 3 rings (SSSR count). The maximum Gasteiger partial charge on any atom is 0.226 e. The second-order valence-electron chi connectivity index (χ2n) is 9.03. The van der Waals surface area contributed by atoms with E-state index < -0.39 is 0 Å². The fourth-order valence-electron chi connectivity index (χ4n) is 4.46. The molecule has 176 valence electrons. The number of benzene rings is 1. The third kappa shape index (κ3) is 6.69. The highest BCUT2D eigenvalue weighted by Gasteiger charge is 2.31. The Kier molecular flexibility index (Phi) is 8.50. The summed E-state index contributed by atoms with van der Waals surface area (Å²) in [7, 11) is 5.42. The van der Waals surface area contributed by atoms with Gasteiger partial charge in [0, 0.05) is 58.2 Å². The predicted molar refractivity (Wildman–Crippen MR) is 122 cm³/mol. The molecule has 2 saturated heterocycles. The Hall–Kier alpha value is -2.61. The number of hydrogen-bond acceptors (Lipinski definition) is 5. The fraction of sp³-hybridized carbons (Fsp3) is 0.625. The minimum Gasteiger partial charge on any atom is -0.497 e. The van der Waals surface area contributed by atoms with E-state index in [4.69, 9.17) is 4.74 Å². The van der Waals surface area contributed by atoms with Gasteiger partial charge in [0.15, 0.2) is 0 Å². The lowest BCUT2D eigenvalue weighted by atomic mass is 9.95. The zero-order valence-electron chi connectivity index (χ0n) is 19.5. The minimum atomic E-state index is -0.278. The van der Waals surface area contributed by atoms with Crippen LogP contribution in [-0.4, -0.2) is 92.4 Å². The molecule has 1 N–H and O–H groups in total. The van der Waals surface area contributed by atoms with E-state index in [0.29, 0.717) is 13.0 Å². The van der Waals surface area contributed by atoms with Crippen molar-refractivity contribution in [2.24, 2.45) is 5.92 Å². The summed E-state index contributed by atoms with van der Waals surface area (Å²) in [6.45, 7) is 3.64. The number of amides is 3. The van der Waals surface area contributed by atoms with Crippen LogP contribution in [0.25, 0.3) is 0 Å². The molecule has 2 fully saturated rings. The number of carbonyl (C=O) groups excluding carboxylic acids is 3. The van der Waals surface area contributed by atoms with E-state index >= 15 is 0 Å². The molecule has 3 amide bonds. The van der Waals surface area contributed by atoms with Gasteiger partial charge < -0.3 is 24.8 Å². The lowest BCUT2D eigenvalue weighted by Crippen LogP contribution is -2.49. The number of nitrogens with zero attached hydrogens (tertiary/aromatic N) is 3. The van der Waals surface area contributed by atoms with Crippen LogP contribution < -0.4 is 10.1 Å². The molecule has 2 atom stereocenters. The van der Waals surface area contributed by atoms with Crippen molar-refractivity contribution in [2.75, 3.05) is 53.9 Å². The smallest absolute Gasteiger partial charge is 0.226 e. The van der Waals surface area contributed by atoms with E-state index in [1.807, 2.05) is 29.2 Å². The van der Waals surface area contributed by atoms with Crippen LogP contribution in [0.1, 0.15) is 31.2 Å². The van der Waals surface area contributed by atoms with Gasteiger partial charge in [0.25, 0.3) is 0 Å². The van der Waals surface area contributed by atoms with Gasteiger partial charge in [-0.05, 0) is 37.6 Å². The number of methoxy groups -OCH3 is 1. The van der Waals surface area contributed by atoms with E-state index in [-0.39, 0.29) is 42.5 Å². The van der Waals surface area contributed by atoms with Crippen LogP contribution in [0.15, 0.2) is 24.3 Å². The molecule has 1 aromatic carbocycles. The number of nitrogens with one attached hydrogen (secondary N) is 1. The van der Waals surface area contributed by atoms with Gasteiger partial charge >= 0.3 is 0 Å². The van der Waals surface area contributed by atoms with Crippen molar-refractivity contribution in [1.29, 1.82) is 0 Å². The summed E-state index contributed by atoms with van der Waals surface area (Å²) in [4.78, 5) is 44.3. The third-order valence-corrected chi connectivity index (χ3v) is 6.47. The Morgan fingerprint density at radius 3 is 2.59 bits per heavy atom. The third-order valence-electron chi connectivity index (χ3n) is 6.47. The number of ether oxygens (including phenoxy) is 1. The van der Waals surface area contributed by atoms with Crippen LogP contribution in [0.3, 0.4) is 0 Å². The molecule has 2 aliphatic heterocycles. The van der Waals surface area contributed by atoms with Crippen LogP contribution in [0.4, 0.5) is 0 Å². The molecule has 0 aromatic heterocycles. The average Bonchev–Trinajstić information content (AvgIpc) is 2.84. The molecule has 0 unspecified atom stereocenters. The van der Waals surface area contributed by atoms with Crippen LogP contribution in [-0.2, 0) is 20.8 Å². The fourth-order valence-corrected chi connectivity index (χ4v) is 4.46. The summed E-state index contributed by atoms with van der Waals surface area (Å²) in [6, 6.07) is 7.34. The van der Waals surface area contributed by atoms with E-state index in [1.165, 1.54) is 0 Å². The number of hydrogen-bond donors (Lipinski definition) is 1. The standard InChI is InChI=1S/C24H36N4O4/c1-26-10-12-28(13-11-26)24(31)19-7-5-8-20(17-27(2)23(30)16-19)25-22(29)15-18-6-4-9-21(14-18)32-3/h4,6,9,14,19-20H,5,7-8,10-13,15-17H2,1-3H3,(H,25,29)/t19-,20-/m1/s1. The SMILES string of the molecule is COc1cccc(CC(=O)N[C@@H]2CCC[C@@H](C(=O)N3CCN(C)CC3)CC(=O)N(C)C2)c1. The first-order chi connectivity index (χ1) is 15.4. The molecular formula is C24H36N4O4. The highest BCUT2D eigenvalue weighted by atomic mass is 16.5. The van der Waals surface area contributed by atoms with E-state index in [2.05, 4.69) is 17.3 Å². The Morgan fingerprint density at radius 2 is 1.88 bits per heavy atom. The molecule has 0 aliphatic carbocycles. The highest BCUT2D eigenvalue weighted by Crippen LogP contribution is 2.22. The molecular weight excluding hydrogens is 408 g/mol. The molecule has 2 aliphatic rings. The lowest BCUT2D eigenvalue weighted by molar-refractivity contribution is -0.142. The predicted octanol–water partition coefficient (Wildman–Crippen LogP) is 1.15. The van der Waals surface area contributed by atoms with Gasteiger partial charge in [-0.1, -0.05) is 18.6 Å². The van der Waals surface area contributed by atoms with Crippen LogP contribution in [0.2, 0.25) is 0 Å². The van der Waals surface area contributed by atoms with Crippen molar-refractivity contribution in [1.82, 2.24) is 20.0 Å². The number of piperazine rings is 1. The van der Waals surface area contributed by atoms with Crippen molar-refractivity contribution in [3.05, 3.63) is 29.8 Å². The summed E-state index contributed by atoms with van der Waals surface area (Å²) in [5, 5.41) is 3.09. The summed E-state index contributed by atoms with van der Waals surface area (Å²) in [5.41, 5.74) is 0.882. The molecule has 0 spiro atoms. The maximum absolute atomic E-state index is 13.1. The van der Waals surface area contributed by atoms with Crippen molar-refractivity contribution < 1.29 is 19.1 Å². The Labute approximate surface area is 190 Å². The largest absolute Gasteiger partial charge is 0.497 e. The van der Waals surface area contributed by atoms with Gasteiger partial charge in [-0.25, -0.2) is 0 Å². The van der Waals surface area contributed by atoms with Crippen LogP contribution in [0, 0.1) is 5.92 Å². The molecule has 8 heteroatoms. The summed E-state index contributed by atoms with van der Waals surface area (Å²) >= 11 is 0. The summed E-state index contributed by atoms with van der Waals surface area (Å²) < 4.78 is 5.23. The Balaban J connectivity index is 1.57. The lowest BCUT2D eigenvalue weighted by Gasteiger charge is -2.34. The van der Waals surface area contributed by atoms with Crippen molar-refractivity contribution in [2.45, 2.75) is 38.1 Å². The monoisotopic (exact) mass is 444 g/mol. The van der Waals surface area contributed by atoms with Gasteiger partial charge in [0.1, 0.15) is 5.75 Å². The first-order valence-electron chi connectivity index (χ1n) is 11.5. The van der Waals surface area contributed by atoms with Crippen molar-refractivity contribution in [3.8, 4) is 5.75 Å². The normalized spacial score (nSPS) is 23.2. The molecule has 1 aromatic rings. The van der Waals surface area contributed by atoms with E-state index in [0.717, 1.165) is 50.3 Å². The second kappa shape index (κ2) is 11.3. The molecule has 8 nitrogen and oxygen atoms in total. The quantitative estimate of drug-likeness (QED) is 0.737. The van der Waals surface area contributed by atoms with Gasteiger partial charge in [0.2, 0.25) is 17.7 Å². The zero-order valence-corrected chi connectivity index (χ0v) is 19.5. The molecule has 0 saturated carbocycles. The summed E-state index contributed by atoms with van der Waals surface area (Å²) in [6.07, 6.45) is 2.72.